The molecule has 3 N–H and O–H groups in total. The van der Waals surface area contributed by atoms with Gasteiger partial charge in [0.1, 0.15) is 5.82 Å². The molecule has 1 unspecified atom stereocenters. The van der Waals surface area contributed by atoms with Gasteiger partial charge < -0.3 is 16.0 Å². The lowest BCUT2D eigenvalue weighted by molar-refractivity contribution is 0.163. The van der Waals surface area contributed by atoms with Crippen LogP contribution >= 0.6 is 0 Å². The van der Waals surface area contributed by atoms with Gasteiger partial charge in [0.05, 0.1) is 5.54 Å². The second-order valence-corrected chi connectivity index (χ2v) is 5.35. The Morgan fingerprint density at radius 2 is 2.05 bits per heavy atom. The molecule has 102 valence electrons. The van der Waals surface area contributed by atoms with E-state index in [9.17, 15) is 9.18 Å². The molecule has 5 heteroatoms. The van der Waals surface area contributed by atoms with Crippen molar-refractivity contribution in [2.24, 2.45) is 0 Å². The quantitative estimate of drug-likeness (QED) is 0.716. The third-order valence-corrected chi connectivity index (χ3v) is 4.24. The number of nitrogens with one attached hydrogen (secondary N) is 3. The molecule has 1 aromatic carbocycles. The molecule has 0 aromatic heterocycles. The van der Waals surface area contributed by atoms with Crippen molar-refractivity contribution in [3.8, 4) is 0 Å². The first-order chi connectivity index (χ1) is 9.20. The highest BCUT2D eigenvalue weighted by Crippen LogP contribution is 2.36. The van der Waals surface area contributed by atoms with Crippen molar-refractivity contribution in [2.75, 3.05) is 19.6 Å². The molecule has 0 saturated carbocycles. The Labute approximate surface area is 111 Å². The summed E-state index contributed by atoms with van der Waals surface area (Å²) in [6, 6.07) is 6.59. The molecule has 0 bridgehead atoms. The zero-order valence-corrected chi connectivity index (χ0v) is 10.7. The van der Waals surface area contributed by atoms with Crippen LogP contribution in [0.5, 0.6) is 0 Å². The van der Waals surface area contributed by atoms with Crippen molar-refractivity contribution >= 4 is 6.03 Å². The predicted molar refractivity (Wildman–Crippen MR) is 70.5 cm³/mol. The van der Waals surface area contributed by atoms with Gasteiger partial charge in [0, 0.05) is 12.5 Å². The van der Waals surface area contributed by atoms with Gasteiger partial charge in [-0.2, -0.15) is 0 Å². The van der Waals surface area contributed by atoms with Crippen LogP contribution in [0.4, 0.5) is 9.18 Å². The van der Waals surface area contributed by atoms with Crippen LogP contribution in [-0.2, 0) is 0 Å². The first-order valence-electron chi connectivity index (χ1n) is 6.72. The summed E-state index contributed by atoms with van der Waals surface area (Å²) in [7, 11) is 0. The maximum atomic E-state index is 13.4. The first kappa shape index (κ1) is 12.4. The van der Waals surface area contributed by atoms with Crippen molar-refractivity contribution in [1.29, 1.82) is 0 Å². The molecule has 2 heterocycles. The van der Waals surface area contributed by atoms with Crippen molar-refractivity contribution in [2.45, 2.75) is 24.3 Å². The average Bonchev–Trinajstić information content (AvgIpc) is 2.39. The first-order valence-corrected chi connectivity index (χ1v) is 6.72. The average molecular weight is 263 g/mol. The largest absolute Gasteiger partial charge is 0.337 e. The number of halogens is 1. The summed E-state index contributed by atoms with van der Waals surface area (Å²) in [5, 5.41) is 9.22. The van der Waals surface area contributed by atoms with Crippen LogP contribution in [0.25, 0.3) is 0 Å². The van der Waals surface area contributed by atoms with Crippen LogP contribution in [0.1, 0.15) is 24.3 Å². The van der Waals surface area contributed by atoms with E-state index in [1.54, 1.807) is 12.1 Å². The summed E-state index contributed by atoms with van der Waals surface area (Å²) in [5.74, 6) is -0.110. The molecule has 1 spiro atoms. The van der Waals surface area contributed by atoms with Gasteiger partial charge >= 0.3 is 6.03 Å². The summed E-state index contributed by atoms with van der Waals surface area (Å²) in [4.78, 5) is 11.7. The lowest BCUT2D eigenvalue weighted by Crippen LogP contribution is -2.65. The van der Waals surface area contributed by atoms with E-state index < -0.39 is 0 Å². The Kier molecular flexibility index (Phi) is 3.14. The molecule has 2 aliphatic rings. The summed E-state index contributed by atoms with van der Waals surface area (Å²) in [5.41, 5.74) is 0.705. The number of carbonyl (C=O) groups excluding carboxylic acids is 1. The molecule has 2 fully saturated rings. The molecule has 1 atom stereocenters. The normalized spacial score (nSPS) is 25.7. The Hall–Kier alpha value is -1.62. The molecule has 0 aliphatic carbocycles. The summed E-state index contributed by atoms with van der Waals surface area (Å²) in [6.07, 6.45) is 1.75. The fraction of sp³-hybridized carbons (Fsp3) is 0.500. The SMILES string of the molecule is O=C1NCC(c2cccc(F)c2)C2(CCNCC2)N1. The van der Waals surface area contributed by atoms with Crippen molar-refractivity contribution in [3.63, 3.8) is 0 Å². The molecule has 4 nitrogen and oxygen atoms in total. The Bertz CT molecular complexity index is 485. The van der Waals surface area contributed by atoms with Gasteiger partial charge in [-0.3, -0.25) is 0 Å². The molecule has 19 heavy (non-hydrogen) atoms. The van der Waals surface area contributed by atoms with E-state index in [0.717, 1.165) is 31.5 Å². The highest BCUT2D eigenvalue weighted by Gasteiger charge is 2.44. The predicted octanol–water partition coefficient (Wildman–Crippen LogP) is 1.34. The summed E-state index contributed by atoms with van der Waals surface area (Å²) >= 11 is 0. The van der Waals surface area contributed by atoms with E-state index in [-0.39, 0.29) is 23.3 Å². The summed E-state index contributed by atoms with van der Waals surface area (Å²) < 4.78 is 13.4. The monoisotopic (exact) mass is 263 g/mol. The standard InChI is InChI=1S/C14H18FN3O/c15-11-3-1-2-10(8-11)12-9-17-13(19)18-14(12)4-6-16-7-5-14/h1-3,8,12,16H,4-7,9H2,(H2,17,18,19). The number of carbonyl (C=O) groups is 1. The highest BCUT2D eigenvalue weighted by atomic mass is 19.1. The van der Waals surface area contributed by atoms with Crippen LogP contribution in [0.15, 0.2) is 24.3 Å². The van der Waals surface area contributed by atoms with Crippen molar-refractivity contribution in [3.05, 3.63) is 35.6 Å². The number of hydrogen-bond donors (Lipinski definition) is 3. The third kappa shape index (κ3) is 2.30. The minimum atomic E-state index is -0.249. The number of hydrogen-bond acceptors (Lipinski definition) is 2. The van der Waals surface area contributed by atoms with Gasteiger partial charge in [-0.25, -0.2) is 9.18 Å². The van der Waals surface area contributed by atoms with Gasteiger partial charge in [-0.15, -0.1) is 0 Å². The molecule has 1 aromatic rings. The number of rotatable bonds is 1. The Morgan fingerprint density at radius 3 is 2.79 bits per heavy atom. The zero-order valence-electron chi connectivity index (χ0n) is 10.7. The van der Waals surface area contributed by atoms with E-state index in [1.165, 1.54) is 6.07 Å². The third-order valence-electron chi connectivity index (χ3n) is 4.24. The zero-order chi connectivity index (χ0) is 13.3. The van der Waals surface area contributed by atoms with Gasteiger partial charge in [0.25, 0.3) is 0 Å². The molecule has 2 amide bonds. The fourth-order valence-electron chi connectivity index (χ4n) is 3.25. The van der Waals surface area contributed by atoms with Gasteiger partial charge in [0.15, 0.2) is 0 Å². The van der Waals surface area contributed by atoms with Crippen LogP contribution in [0, 0.1) is 5.82 Å². The van der Waals surface area contributed by atoms with Crippen LogP contribution in [0.2, 0.25) is 0 Å². The van der Waals surface area contributed by atoms with E-state index >= 15 is 0 Å². The second kappa shape index (κ2) is 4.81. The van der Waals surface area contributed by atoms with Crippen LogP contribution < -0.4 is 16.0 Å². The van der Waals surface area contributed by atoms with Crippen LogP contribution in [-0.4, -0.2) is 31.2 Å². The van der Waals surface area contributed by atoms with E-state index in [0.29, 0.717) is 6.54 Å². The lowest BCUT2D eigenvalue weighted by Gasteiger charge is -2.47. The van der Waals surface area contributed by atoms with Gasteiger partial charge in [0.2, 0.25) is 0 Å². The molecular formula is C14H18FN3O. The van der Waals surface area contributed by atoms with E-state index in [4.69, 9.17) is 0 Å². The summed E-state index contributed by atoms with van der Waals surface area (Å²) in [6.45, 7) is 2.33. The van der Waals surface area contributed by atoms with E-state index in [1.807, 2.05) is 6.07 Å². The van der Waals surface area contributed by atoms with Crippen molar-refractivity contribution < 1.29 is 9.18 Å². The maximum absolute atomic E-state index is 13.4. The number of amides is 2. The Morgan fingerprint density at radius 1 is 1.26 bits per heavy atom. The van der Waals surface area contributed by atoms with Crippen LogP contribution in [0.3, 0.4) is 0 Å². The highest BCUT2D eigenvalue weighted by molar-refractivity contribution is 5.76. The molecule has 2 saturated heterocycles. The number of benzene rings is 1. The topological polar surface area (TPSA) is 53.2 Å². The lowest BCUT2D eigenvalue weighted by atomic mass is 9.72. The number of urea groups is 1. The second-order valence-electron chi connectivity index (χ2n) is 5.35. The molecule has 3 rings (SSSR count). The maximum Gasteiger partial charge on any atom is 0.315 e. The van der Waals surface area contributed by atoms with Crippen molar-refractivity contribution in [1.82, 2.24) is 16.0 Å². The smallest absolute Gasteiger partial charge is 0.315 e. The number of piperidine rings is 1. The molecule has 0 radical (unpaired) electrons. The van der Waals surface area contributed by atoms with Gasteiger partial charge in [-0.05, 0) is 43.6 Å². The minimum Gasteiger partial charge on any atom is -0.337 e. The molecular weight excluding hydrogens is 245 g/mol. The van der Waals surface area contributed by atoms with Gasteiger partial charge in [-0.1, -0.05) is 12.1 Å². The fourth-order valence-corrected chi connectivity index (χ4v) is 3.25. The minimum absolute atomic E-state index is 0.114. The Balaban J connectivity index is 1.95. The van der Waals surface area contributed by atoms with E-state index in [2.05, 4.69) is 16.0 Å². The molecule has 2 aliphatic heterocycles.